The first-order chi connectivity index (χ1) is 13.0. The lowest BCUT2D eigenvalue weighted by Crippen LogP contribution is -2.22. The van der Waals surface area contributed by atoms with E-state index in [1.807, 2.05) is 62.4 Å². The SMILES string of the molecule is Cc1cccc(C)c1OCCOc1cccc(/C=C2\SC(=S)N(C)C2=O)c1. The smallest absolute Gasteiger partial charge is 0.265 e. The van der Waals surface area contributed by atoms with Crippen LogP contribution in [0.1, 0.15) is 16.7 Å². The zero-order valence-corrected chi connectivity index (χ0v) is 17.2. The molecule has 1 aliphatic heterocycles. The van der Waals surface area contributed by atoms with Crippen molar-refractivity contribution in [1.29, 1.82) is 0 Å². The first kappa shape index (κ1) is 19.5. The van der Waals surface area contributed by atoms with Gasteiger partial charge in [0.2, 0.25) is 0 Å². The van der Waals surface area contributed by atoms with Crippen molar-refractivity contribution in [1.82, 2.24) is 4.90 Å². The second kappa shape index (κ2) is 8.59. The van der Waals surface area contributed by atoms with E-state index in [0.717, 1.165) is 28.2 Å². The minimum Gasteiger partial charge on any atom is -0.490 e. The quantitative estimate of drug-likeness (QED) is 0.403. The van der Waals surface area contributed by atoms with Crippen LogP contribution in [0.25, 0.3) is 6.08 Å². The molecule has 0 radical (unpaired) electrons. The summed E-state index contributed by atoms with van der Waals surface area (Å²) in [5.74, 6) is 1.58. The van der Waals surface area contributed by atoms with Crippen molar-refractivity contribution < 1.29 is 14.3 Å². The number of benzene rings is 2. The van der Waals surface area contributed by atoms with Crippen molar-refractivity contribution in [3.8, 4) is 11.5 Å². The van der Waals surface area contributed by atoms with Gasteiger partial charge in [0.25, 0.3) is 5.91 Å². The van der Waals surface area contributed by atoms with Gasteiger partial charge in [0.1, 0.15) is 29.0 Å². The highest BCUT2D eigenvalue weighted by molar-refractivity contribution is 8.26. The average molecular weight is 400 g/mol. The maximum Gasteiger partial charge on any atom is 0.265 e. The Bertz CT molecular complexity index is 888. The van der Waals surface area contributed by atoms with Crippen LogP contribution in [0.2, 0.25) is 0 Å². The number of thiocarbonyl (C=S) groups is 1. The Morgan fingerprint density at radius 2 is 1.74 bits per heavy atom. The lowest BCUT2D eigenvalue weighted by Gasteiger charge is -2.12. The molecule has 4 nitrogen and oxygen atoms in total. The summed E-state index contributed by atoms with van der Waals surface area (Å²) < 4.78 is 12.2. The fraction of sp³-hybridized carbons (Fsp3) is 0.238. The predicted octanol–water partition coefficient (Wildman–Crippen LogP) is 4.59. The summed E-state index contributed by atoms with van der Waals surface area (Å²) >= 11 is 6.47. The van der Waals surface area contributed by atoms with Gasteiger partial charge in [-0.1, -0.05) is 54.3 Å². The van der Waals surface area contributed by atoms with Gasteiger partial charge >= 0.3 is 0 Å². The molecule has 1 heterocycles. The molecular weight excluding hydrogens is 378 g/mol. The molecule has 0 unspecified atom stereocenters. The minimum absolute atomic E-state index is 0.0710. The summed E-state index contributed by atoms with van der Waals surface area (Å²) in [6.07, 6.45) is 1.84. The lowest BCUT2D eigenvalue weighted by atomic mass is 10.1. The van der Waals surface area contributed by atoms with Gasteiger partial charge in [0.05, 0.1) is 4.91 Å². The largest absolute Gasteiger partial charge is 0.490 e. The molecule has 140 valence electrons. The van der Waals surface area contributed by atoms with Crippen LogP contribution in [0.15, 0.2) is 47.4 Å². The molecule has 1 amide bonds. The number of thioether (sulfide) groups is 1. The summed E-state index contributed by atoms with van der Waals surface area (Å²) in [6, 6.07) is 13.7. The van der Waals surface area contributed by atoms with E-state index in [4.69, 9.17) is 21.7 Å². The highest BCUT2D eigenvalue weighted by atomic mass is 32.2. The molecule has 1 fully saturated rings. The van der Waals surface area contributed by atoms with Crippen molar-refractivity contribution in [2.75, 3.05) is 20.3 Å². The number of hydrogen-bond acceptors (Lipinski definition) is 5. The molecular formula is C21H21NO3S2. The van der Waals surface area contributed by atoms with E-state index >= 15 is 0 Å². The normalized spacial score (nSPS) is 15.5. The van der Waals surface area contributed by atoms with Crippen LogP contribution < -0.4 is 9.47 Å². The van der Waals surface area contributed by atoms with Crippen LogP contribution in [0, 0.1) is 13.8 Å². The van der Waals surface area contributed by atoms with Crippen LogP contribution in [-0.4, -0.2) is 35.4 Å². The molecule has 2 aromatic carbocycles. The van der Waals surface area contributed by atoms with E-state index in [1.165, 1.54) is 16.7 Å². The lowest BCUT2D eigenvalue weighted by molar-refractivity contribution is -0.121. The highest BCUT2D eigenvalue weighted by Gasteiger charge is 2.28. The van der Waals surface area contributed by atoms with Crippen LogP contribution in [-0.2, 0) is 4.79 Å². The van der Waals surface area contributed by atoms with Crippen LogP contribution in [0.4, 0.5) is 0 Å². The molecule has 0 N–H and O–H groups in total. The van der Waals surface area contributed by atoms with Gasteiger partial charge in [-0.15, -0.1) is 0 Å². The fourth-order valence-corrected chi connectivity index (χ4v) is 3.90. The van der Waals surface area contributed by atoms with E-state index in [9.17, 15) is 4.79 Å². The van der Waals surface area contributed by atoms with Gasteiger partial charge in [-0.2, -0.15) is 0 Å². The predicted molar refractivity (Wildman–Crippen MR) is 114 cm³/mol. The Morgan fingerprint density at radius 3 is 2.41 bits per heavy atom. The monoisotopic (exact) mass is 399 g/mol. The third kappa shape index (κ3) is 4.70. The third-order valence-corrected chi connectivity index (χ3v) is 5.63. The number of carbonyl (C=O) groups is 1. The molecule has 3 rings (SSSR count). The molecule has 0 bridgehead atoms. The number of amides is 1. The topological polar surface area (TPSA) is 38.8 Å². The molecule has 0 saturated carbocycles. The van der Waals surface area contributed by atoms with Crippen molar-refractivity contribution in [2.24, 2.45) is 0 Å². The van der Waals surface area contributed by atoms with Gasteiger partial charge in [0, 0.05) is 7.05 Å². The number of nitrogens with zero attached hydrogens (tertiary/aromatic N) is 1. The van der Waals surface area contributed by atoms with Crippen LogP contribution in [0.3, 0.4) is 0 Å². The van der Waals surface area contributed by atoms with E-state index in [0.29, 0.717) is 22.4 Å². The number of likely N-dealkylation sites (N-methyl/N-ethyl adjacent to an activating group) is 1. The Labute approximate surface area is 169 Å². The second-order valence-corrected chi connectivity index (χ2v) is 7.91. The summed E-state index contributed by atoms with van der Waals surface area (Å²) in [7, 11) is 1.69. The third-order valence-electron chi connectivity index (χ3n) is 4.15. The van der Waals surface area contributed by atoms with Crippen molar-refractivity contribution in [3.05, 3.63) is 64.1 Å². The Morgan fingerprint density at radius 1 is 1.07 bits per heavy atom. The zero-order chi connectivity index (χ0) is 19.4. The van der Waals surface area contributed by atoms with Gasteiger partial charge in [0.15, 0.2) is 0 Å². The van der Waals surface area contributed by atoms with Crippen molar-refractivity contribution in [3.63, 3.8) is 0 Å². The molecule has 2 aromatic rings. The minimum atomic E-state index is -0.0710. The van der Waals surface area contributed by atoms with E-state index in [2.05, 4.69) is 0 Å². The first-order valence-corrected chi connectivity index (χ1v) is 9.81. The fourth-order valence-electron chi connectivity index (χ4n) is 2.72. The summed E-state index contributed by atoms with van der Waals surface area (Å²) in [5, 5.41) is 0. The number of ether oxygens (including phenoxy) is 2. The molecule has 0 aromatic heterocycles. The molecule has 1 aliphatic rings. The van der Waals surface area contributed by atoms with Crippen molar-refractivity contribution >= 4 is 40.3 Å². The van der Waals surface area contributed by atoms with E-state index in [-0.39, 0.29) is 5.91 Å². The number of rotatable bonds is 6. The standard InChI is InChI=1S/C21H21NO3S2/c1-14-6-4-7-15(2)19(14)25-11-10-24-17-9-5-8-16(12-17)13-18-20(23)22(3)21(26)27-18/h4-9,12-13H,10-11H2,1-3H3/b18-13-. The second-order valence-electron chi connectivity index (χ2n) is 6.23. The number of aryl methyl sites for hydroxylation is 2. The number of hydrogen-bond donors (Lipinski definition) is 0. The van der Waals surface area contributed by atoms with Gasteiger partial charge < -0.3 is 9.47 Å². The molecule has 0 spiro atoms. The van der Waals surface area contributed by atoms with E-state index < -0.39 is 0 Å². The van der Waals surface area contributed by atoms with Crippen LogP contribution >= 0.6 is 24.0 Å². The first-order valence-electron chi connectivity index (χ1n) is 8.59. The van der Waals surface area contributed by atoms with E-state index in [1.54, 1.807) is 7.05 Å². The summed E-state index contributed by atoms with van der Waals surface area (Å²) in [5.41, 5.74) is 3.13. The molecule has 1 saturated heterocycles. The van der Waals surface area contributed by atoms with Crippen LogP contribution in [0.5, 0.6) is 11.5 Å². The van der Waals surface area contributed by atoms with Gasteiger partial charge in [-0.25, -0.2) is 0 Å². The van der Waals surface area contributed by atoms with Gasteiger partial charge in [-0.05, 0) is 48.7 Å². The summed E-state index contributed by atoms with van der Waals surface area (Å²) in [4.78, 5) is 14.2. The molecule has 27 heavy (non-hydrogen) atoms. The van der Waals surface area contributed by atoms with Gasteiger partial charge in [-0.3, -0.25) is 9.69 Å². The maximum atomic E-state index is 12.1. The Balaban J connectivity index is 1.58. The summed E-state index contributed by atoms with van der Waals surface area (Å²) in [6.45, 7) is 4.97. The molecule has 6 heteroatoms. The Kier molecular flexibility index (Phi) is 6.19. The number of carbonyl (C=O) groups excluding carboxylic acids is 1. The van der Waals surface area contributed by atoms with Crippen molar-refractivity contribution in [2.45, 2.75) is 13.8 Å². The zero-order valence-electron chi connectivity index (χ0n) is 15.5. The maximum absolute atomic E-state index is 12.1. The highest BCUT2D eigenvalue weighted by Crippen LogP contribution is 2.31. The number of para-hydroxylation sites is 1. The molecule has 0 atom stereocenters. The Hall–Kier alpha value is -2.31. The average Bonchev–Trinajstić information content (AvgIpc) is 2.88. The molecule has 0 aliphatic carbocycles.